The zero-order chi connectivity index (χ0) is 16.5. The predicted molar refractivity (Wildman–Crippen MR) is 73.5 cm³/mol. The molecule has 4 atom stereocenters. The first-order chi connectivity index (χ1) is 10.3. The molecule has 1 fully saturated rings. The summed E-state index contributed by atoms with van der Waals surface area (Å²) < 4.78 is 6.48. The van der Waals surface area contributed by atoms with E-state index in [-0.39, 0.29) is 11.7 Å². The minimum absolute atomic E-state index is 0.0738. The highest BCUT2D eigenvalue weighted by molar-refractivity contribution is 5.87. The highest BCUT2D eigenvalue weighted by Gasteiger charge is 2.54. The van der Waals surface area contributed by atoms with Crippen LogP contribution >= 0.6 is 0 Å². The maximum absolute atomic E-state index is 12.1. The van der Waals surface area contributed by atoms with Gasteiger partial charge in [-0.05, 0) is 13.0 Å². The van der Waals surface area contributed by atoms with Gasteiger partial charge in [0.05, 0.1) is 12.7 Å². The summed E-state index contributed by atoms with van der Waals surface area (Å²) in [5, 5.41) is 31.0. The number of aromatic nitrogens is 2. The van der Waals surface area contributed by atoms with Gasteiger partial charge in [-0.25, -0.2) is 4.79 Å². The van der Waals surface area contributed by atoms with Gasteiger partial charge in [-0.3, -0.25) is 9.36 Å². The van der Waals surface area contributed by atoms with Crippen molar-refractivity contribution in [2.75, 3.05) is 11.9 Å². The SMILES string of the molecule is CC(=O)Nc1ccn([C@@H]2O[C@H](CO)[C@@H](O)[C@@]2(C)C#N)c(=O)n1. The molecule has 1 amide bonds. The molecule has 0 unspecified atom stereocenters. The van der Waals surface area contributed by atoms with Crippen LogP contribution in [0.3, 0.4) is 0 Å². The van der Waals surface area contributed by atoms with Crippen molar-refractivity contribution in [1.82, 2.24) is 9.55 Å². The van der Waals surface area contributed by atoms with E-state index in [0.29, 0.717) is 0 Å². The average Bonchev–Trinajstić information content (AvgIpc) is 2.72. The topological polar surface area (TPSA) is 137 Å². The van der Waals surface area contributed by atoms with Crippen LogP contribution in [-0.4, -0.2) is 44.5 Å². The molecule has 1 aromatic rings. The molecule has 0 radical (unpaired) electrons. The monoisotopic (exact) mass is 308 g/mol. The van der Waals surface area contributed by atoms with Crippen LogP contribution in [-0.2, 0) is 9.53 Å². The standard InChI is InChI=1S/C13H16N4O5/c1-7(19)15-9-3-4-17(12(21)16-9)11-13(2,6-14)10(20)8(5-18)22-11/h3-4,8,10-11,18,20H,5H2,1-2H3,(H,15,16,19,21)/t8-,10-,11-,13-/m1/s1. The van der Waals surface area contributed by atoms with Gasteiger partial charge in [-0.1, -0.05) is 0 Å². The summed E-state index contributed by atoms with van der Waals surface area (Å²) in [7, 11) is 0. The molecule has 0 bridgehead atoms. The van der Waals surface area contributed by atoms with Crippen LogP contribution in [0.15, 0.2) is 17.1 Å². The summed E-state index contributed by atoms with van der Waals surface area (Å²) in [5.41, 5.74) is -2.17. The first-order valence-corrected chi connectivity index (χ1v) is 6.56. The summed E-state index contributed by atoms with van der Waals surface area (Å²) in [5.74, 6) is -0.302. The molecule has 1 aliphatic heterocycles. The first kappa shape index (κ1) is 16.1. The lowest BCUT2D eigenvalue weighted by molar-refractivity contribution is -0.114. The van der Waals surface area contributed by atoms with E-state index >= 15 is 0 Å². The minimum Gasteiger partial charge on any atom is -0.394 e. The molecule has 9 heteroatoms. The minimum atomic E-state index is -1.42. The van der Waals surface area contributed by atoms with Crippen molar-refractivity contribution in [2.24, 2.45) is 5.41 Å². The van der Waals surface area contributed by atoms with Crippen molar-refractivity contribution in [1.29, 1.82) is 5.26 Å². The molecule has 0 saturated carbocycles. The number of amides is 1. The third-order valence-electron chi connectivity index (χ3n) is 3.59. The van der Waals surface area contributed by atoms with E-state index in [0.717, 1.165) is 4.57 Å². The van der Waals surface area contributed by atoms with Crippen molar-refractivity contribution in [3.05, 3.63) is 22.7 Å². The molecule has 2 rings (SSSR count). The highest BCUT2D eigenvalue weighted by Crippen LogP contribution is 2.44. The fraction of sp³-hybridized carbons (Fsp3) is 0.538. The van der Waals surface area contributed by atoms with Crippen LogP contribution < -0.4 is 11.0 Å². The van der Waals surface area contributed by atoms with Gasteiger partial charge in [0.15, 0.2) is 6.23 Å². The average molecular weight is 308 g/mol. The van der Waals surface area contributed by atoms with E-state index in [2.05, 4.69) is 10.3 Å². The van der Waals surface area contributed by atoms with E-state index in [9.17, 15) is 25.1 Å². The van der Waals surface area contributed by atoms with Crippen LogP contribution in [0.4, 0.5) is 5.82 Å². The highest BCUT2D eigenvalue weighted by atomic mass is 16.5. The quantitative estimate of drug-likeness (QED) is 0.650. The van der Waals surface area contributed by atoms with Crippen molar-refractivity contribution in [3.8, 4) is 6.07 Å². The maximum Gasteiger partial charge on any atom is 0.351 e. The second-order valence-electron chi connectivity index (χ2n) is 5.23. The molecule has 0 spiro atoms. The molecule has 3 N–H and O–H groups in total. The molecular formula is C13H16N4O5. The second kappa shape index (κ2) is 5.84. The van der Waals surface area contributed by atoms with Gasteiger partial charge in [0.1, 0.15) is 23.4 Å². The summed E-state index contributed by atoms with van der Waals surface area (Å²) in [6.45, 7) is 2.23. The van der Waals surface area contributed by atoms with Crippen molar-refractivity contribution < 1.29 is 19.7 Å². The molecule has 118 valence electrons. The van der Waals surface area contributed by atoms with Crippen LogP contribution in [0.2, 0.25) is 0 Å². The summed E-state index contributed by atoms with van der Waals surface area (Å²) in [4.78, 5) is 26.7. The van der Waals surface area contributed by atoms with Gasteiger partial charge in [0.2, 0.25) is 5.91 Å². The largest absolute Gasteiger partial charge is 0.394 e. The molecule has 22 heavy (non-hydrogen) atoms. The Morgan fingerprint density at radius 1 is 1.68 bits per heavy atom. The van der Waals surface area contributed by atoms with Gasteiger partial charge in [0.25, 0.3) is 0 Å². The Labute approximate surface area is 125 Å². The van der Waals surface area contributed by atoms with Crippen molar-refractivity contribution in [3.63, 3.8) is 0 Å². The lowest BCUT2D eigenvalue weighted by Gasteiger charge is -2.25. The number of aliphatic hydroxyl groups excluding tert-OH is 2. The zero-order valence-electron chi connectivity index (χ0n) is 12.1. The Hall–Kier alpha value is -2.28. The van der Waals surface area contributed by atoms with E-state index < -0.39 is 36.1 Å². The van der Waals surface area contributed by atoms with Gasteiger partial charge >= 0.3 is 5.69 Å². The number of hydrogen-bond acceptors (Lipinski definition) is 7. The molecule has 9 nitrogen and oxygen atoms in total. The number of nitrogens with zero attached hydrogens (tertiary/aromatic N) is 3. The van der Waals surface area contributed by atoms with Crippen LogP contribution in [0.25, 0.3) is 0 Å². The van der Waals surface area contributed by atoms with E-state index in [1.54, 1.807) is 0 Å². The summed E-state index contributed by atoms with van der Waals surface area (Å²) in [6.07, 6.45) is -2.02. The molecule has 1 aromatic heterocycles. The number of carbonyl (C=O) groups is 1. The van der Waals surface area contributed by atoms with Crippen LogP contribution in [0.5, 0.6) is 0 Å². The Morgan fingerprint density at radius 3 is 2.86 bits per heavy atom. The molecule has 2 heterocycles. The molecular weight excluding hydrogens is 292 g/mol. The normalized spacial score (nSPS) is 30.8. The summed E-state index contributed by atoms with van der Waals surface area (Å²) in [6, 6.07) is 3.31. The van der Waals surface area contributed by atoms with Crippen molar-refractivity contribution in [2.45, 2.75) is 32.3 Å². The maximum atomic E-state index is 12.1. The molecule has 0 aliphatic carbocycles. The van der Waals surface area contributed by atoms with E-state index in [4.69, 9.17) is 4.74 Å². The Balaban J connectivity index is 2.41. The van der Waals surface area contributed by atoms with Crippen LogP contribution in [0.1, 0.15) is 20.1 Å². The molecule has 0 aromatic carbocycles. The fourth-order valence-corrected chi connectivity index (χ4v) is 2.37. The number of hydrogen-bond donors (Lipinski definition) is 3. The number of nitrogens with one attached hydrogen (secondary N) is 1. The zero-order valence-corrected chi connectivity index (χ0v) is 12.1. The predicted octanol–water partition coefficient (Wildman–Crippen LogP) is -1.02. The smallest absolute Gasteiger partial charge is 0.351 e. The van der Waals surface area contributed by atoms with E-state index in [1.165, 1.54) is 26.1 Å². The first-order valence-electron chi connectivity index (χ1n) is 6.56. The van der Waals surface area contributed by atoms with Gasteiger partial charge in [0, 0.05) is 13.1 Å². The second-order valence-corrected chi connectivity index (χ2v) is 5.23. The lowest BCUT2D eigenvalue weighted by atomic mass is 9.84. The number of anilines is 1. The van der Waals surface area contributed by atoms with Gasteiger partial charge < -0.3 is 20.3 Å². The Bertz CT molecular complexity index is 682. The third kappa shape index (κ3) is 2.59. The third-order valence-corrected chi connectivity index (χ3v) is 3.59. The van der Waals surface area contributed by atoms with Gasteiger partial charge in [-0.15, -0.1) is 0 Å². The number of nitriles is 1. The fourth-order valence-electron chi connectivity index (χ4n) is 2.37. The summed E-state index contributed by atoms with van der Waals surface area (Å²) >= 11 is 0. The Kier molecular flexibility index (Phi) is 4.27. The van der Waals surface area contributed by atoms with Crippen LogP contribution in [0, 0.1) is 16.7 Å². The molecule has 1 aliphatic rings. The number of ether oxygens (including phenoxy) is 1. The number of rotatable bonds is 3. The Morgan fingerprint density at radius 2 is 2.36 bits per heavy atom. The number of carbonyl (C=O) groups excluding carboxylic acids is 1. The van der Waals surface area contributed by atoms with E-state index in [1.807, 2.05) is 6.07 Å². The number of aliphatic hydroxyl groups is 2. The van der Waals surface area contributed by atoms with Crippen molar-refractivity contribution >= 4 is 11.7 Å². The van der Waals surface area contributed by atoms with Gasteiger partial charge in [-0.2, -0.15) is 10.2 Å². The lowest BCUT2D eigenvalue weighted by Crippen LogP contribution is -2.39. The molecule has 1 saturated heterocycles.